The van der Waals surface area contributed by atoms with Crippen molar-refractivity contribution in [3.8, 4) is 0 Å². The zero-order chi connectivity index (χ0) is 13.2. The fourth-order valence-corrected chi connectivity index (χ4v) is 2.40. The first-order valence-corrected chi connectivity index (χ1v) is 6.45. The highest BCUT2D eigenvalue weighted by Crippen LogP contribution is 2.31. The number of nitrogens with two attached hydrogens (primary N) is 1. The van der Waals surface area contributed by atoms with Crippen LogP contribution in [0, 0.1) is 11.8 Å². The van der Waals surface area contributed by atoms with E-state index in [9.17, 15) is 9.90 Å². The van der Waals surface area contributed by atoms with Gasteiger partial charge in [-0.25, -0.2) is 0 Å². The number of nitrogens with zero attached hydrogens (tertiary/aromatic N) is 1. The summed E-state index contributed by atoms with van der Waals surface area (Å²) >= 11 is 0. The van der Waals surface area contributed by atoms with Gasteiger partial charge in [-0.05, 0) is 32.6 Å². The molecule has 0 aromatic carbocycles. The number of hydrogen-bond donors (Lipinski definition) is 2. The molecule has 0 spiro atoms. The molecule has 0 bridgehead atoms. The third kappa shape index (κ3) is 2.99. The predicted octanol–water partition coefficient (Wildman–Crippen LogP) is 0.979. The van der Waals surface area contributed by atoms with Crippen LogP contribution in [0.2, 0.25) is 0 Å². The Morgan fingerprint density at radius 2 is 2.06 bits per heavy atom. The van der Waals surface area contributed by atoms with Gasteiger partial charge in [0.25, 0.3) is 0 Å². The molecule has 1 aliphatic rings. The second kappa shape index (κ2) is 5.36. The van der Waals surface area contributed by atoms with E-state index in [0.717, 1.165) is 19.3 Å². The lowest BCUT2D eigenvalue weighted by Gasteiger charge is -2.40. The summed E-state index contributed by atoms with van der Waals surface area (Å²) in [5, 5.41) is 9.31. The molecule has 4 heteroatoms. The quantitative estimate of drug-likeness (QED) is 0.775. The molecule has 0 heterocycles. The Hall–Kier alpha value is -0.610. The van der Waals surface area contributed by atoms with Gasteiger partial charge in [0.2, 0.25) is 5.91 Å². The van der Waals surface area contributed by atoms with Crippen molar-refractivity contribution in [3.63, 3.8) is 0 Å². The zero-order valence-corrected chi connectivity index (χ0v) is 11.4. The first-order chi connectivity index (χ1) is 7.81. The molecule has 0 saturated heterocycles. The Morgan fingerprint density at radius 3 is 2.59 bits per heavy atom. The topological polar surface area (TPSA) is 66.6 Å². The molecule has 3 N–H and O–H groups in total. The fourth-order valence-electron chi connectivity index (χ4n) is 2.40. The molecule has 1 rings (SSSR count). The number of carbonyl (C=O) groups is 1. The van der Waals surface area contributed by atoms with Gasteiger partial charge in [0.1, 0.15) is 0 Å². The van der Waals surface area contributed by atoms with E-state index in [4.69, 9.17) is 5.73 Å². The van der Waals surface area contributed by atoms with Crippen molar-refractivity contribution in [1.29, 1.82) is 0 Å². The summed E-state index contributed by atoms with van der Waals surface area (Å²) in [4.78, 5) is 14.1. The summed E-state index contributed by atoms with van der Waals surface area (Å²) in [6, 6.07) is 0.128. The number of aliphatic hydroxyl groups excluding tert-OH is 1. The predicted molar refractivity (Wildman–Crippen MR) is 68.4 cm³/mol. The Labute approximate surface area is 104 Å². The summed E-state index contributed by atoms with van der Waals surface area (Å²) < 4.78 is 0. The minimum Gasteiger partial charge on any atom is -0.394 e. The molecule has 4 nitrogen and oxygen atoms in total. The Balaban J connectivity index is 2.75. The maximum absolute atomic E-state index is 12.4. The first-order valence-electron chi connectivity index (χ1n) is 6.45. The largest absolute Gasteiger partial charge is 0.394 e. The SMILES string of the molecule is CC1C(N)CCCC1C(=O)N(C)C(C)(C)CO. The average Bonchev–Trinajstić information content (AvgIpc) is 2.30. The third-order valence-corrected chi connectivity index (χ3v) is 4.31. The number of rotatable bonds is 3. The molecule has 0 aromatic heterocycles. The summed E-state index contributed by atoms with van der Waals surface area (Å²) in [5.74, 6) is 0.356. The molecule has 100 valence electrons. The van der Waals surface area contributed by atoms with Crippen molar-refractivity contribution in [2.24, 2.45) is 17.6 Å². The van der Waals surface area contributed by atoms with Crippen LogP contribution in [0.4, 0.5) is 0 Å². The monoisotopic (exact) mass is 242 g/mol. The van der Waals surface area contributed by atoms with Crippen LogP contribution in [0.5, 0.6) is 0 Å². The van der Waals surface area contributed by atoms with Crippen LogP contribution in [0.1, 0.15) is 40.0 Å². The van der Waals surface area contributed by atoms with E-state index < -0.39 is 5.54 Å². The van der Waals surface area contributed by atoms with E-state index in [2.05, 4.69) is 6.92 Å². The van der Waals surface area contributed by atoms with E-state index in [1.54, 1.807) is 11.9 Å². The highest BCUT2D eigenvalue weighted by molar-refractivity contribution is 5.79. The minimum absolute atomic E-state index is 0.00887. The molecule has 1 saturated carbocycles. The molecule has 0 aliphatic heterocycles. The second-order valence-electron chi connectivity index (χ2n) is 5.93. The first kappa shape index (κ1) is 14.5. The summed E-state index contributed by atoms with van der Waals surface area (Å²) in [6.45, 7) is 5.78. The molecule has 3 unspecified atom stereocenters. The van der Waals surface area contributed by atoms with Crippen molar-refractivity contribution in [2.75, 3.05) is 13.7 Å². The molecule has 0 aromatic rings. The van der Waals surface area contributed by atoms with Gasteiger partial charge < -0.3 is 15.7 Å². The van der Waals surface area contributed by atoms with E-state index >= 15 is 0 Å². The van der Waals surface area contributed by atoms with Crippen molar-refractivity contribution in [2.45, 2.75) is 51.6 Å². The van der Waals surface area contributed by atoms with E-state index in [0.29, 0.717) is 0 Å². The maximum atomic E-state index is 12.4. The minimum atomic E-state index is -0.502. The van der Waals surface area contributed by atoms with E-state index in [1.165, 1.54) is 0 Å². The van der Waals surface area contributed by atoms with E-state index in [-0.39, 0.29) is 30.4 Å². The lowest BCUT2D eigenvalue weighted by Crippen LogP contribution is -2.53. The van der Waals surface area contributed by atoms with Crippen molar-refractivity contribution >= 4 is 5.91 Å². The third-order valence-electron chi connectivity index (χ3n) is 4.31. The Kier molecular flexibility index (Phi) is 4.55. The summed E-state index contributed by atoms with van der Waals surface area (Å²) in [7, 11) is 1.77. The van der Waals surface area contributed by atoms with Crippen LogP contribution >= 0.6 is 0 Å². The summed E-state index contributed by atoms with van der Waals surface area (Å²) in [6.07, 6.45) is 2.95. The highest BCUT2D eigenvalue weighted by atomic mass is 16.3. The van der Waals surface area contributed by atoms with Crippen LogP contribution in [0.25, 0.3) is 0 Å². The van der Waals surface area contributed by atoms with E-state index in [1.807, 2.05) is 13.8 Å². The van der Waals surface area contributed by atoms with Crippen LogP contribution in [0.15, 0.2) is 0 Å². The number of carbonyl (C=O) groups excluding carboxylic acids is 1. The lowest BCUT2D eigenvalue weighted by atomic mass is 9.76. The standard InChI is InChI=1S/C13H26N2O2/c1-9-10(6-5-7-11(9)14)12(17)15(4)13(2,3)8-16/h9-11,16H,5-8,14H2,1-4H3. The van der Waals surface area contributed by atoms with Gasteiger partial charge >= 0.3 is 0 Å². The number of amides is 1. The molecule has 3 atom stereocenters. The smallest absolute Gasteiger partial charge is 0.226 e. The van der Waals surface area contributed by atoms with Crippen molar-refractivity contribution in [1.82, 2.24) is 4.90 Å². The lowest BCUT2D eigenvalue weighted by molar-refractivity contribution is -0.143. The zero-order valence-electron chi connectivity index (χ0n) is 11.4. The second-order valence-corrected chi connectivity index (χ2v) is 5.93. The molecule has 1 fully saturated rings. The van der Waals surface area contributed by atoms with Crippen LogP contribution in [-0.2, 0) is 4.79 Å². The Bertz CT molecular complexity index is 279. The fraction of sp³-hybridized carbons (Fsp3) is 0.923. The van der Waals surface area contributed by atoms with Gasteiger partial charge in [0.05, 0.1) is 12.1 Å². The average molecular weight is 242 g/mol. The maximum Gasteiger partial charge on any atom is 0.226 e. The van der Waals surface area contributed by atoms with Crippen LogP contribution in [0.3, 0.4) is 0 Å². The normalized spacial score (nSPS) is 30.1. The molecule has 17 heavy (non-hydrogen) atoms. The number of hydrogen-bond acceptors (Lipinski definition) is 3. The van der Waals surface area contributed by atoms with Crippen LogP contribution in [-0.4, -0.2) is 41.1 Å². The van der Waals surface area contributed by atoms with Crippen molar-refractivity contribution in [3.05, 3.63) is 0 Å². The summed E-state index contributed by atoms with van der Waals surface area (Å²) in [5.41, 5.74) is 5.53. The van der Waals surface area contributed by atoms with Gasteiger partial charge in [-0.3, -0.25) is 4.79 Å². The van der Waals surface area contributed by atoms with Gasteiger partial charge in [-0.1, -0.05) is 13.3 Å². The molecular weight excluding hydrogens is 216 g/mol. The molecule has 0 radical (unpaired) electrons. The van der Waals surface area contributed by atoms with Gasteiger partial charge in [-0.15, -0.1) is 0 Å². The molecular formula is C13H26N2O2. The number of aliphatic hydroxyl groups is 1. The number of likely N-dealkylation sites (N-methyl/N-ethyl adjacent to an activating group) is 1. The van der Waals surface area contributed by atoms with Gasteiger partial charge in [0, 0.05) is 19.0 Å². The molecule has 1 aliphatic carbocycles. The van der Waals surface area contributed by atoms with Gasteiger partial charge in [0.15, 0.2) is 0 Å². The molecule has 1 amide bonds. The highest BCUT2D eigenvalue weighted by Gasteiger charge is 2.37. The van der Waals surface area contributed by atoms with Crippen LogP contribution < -0.4 is 5.73 Å². The van der Waals surface area contributed by atoms with Gasteiger partial charge in [-0.2, -0.15) is 0 Å². The Morgan fingerprint density at radius 1 is 1.47 bits per heavy atom. The van der Waals surface area contributed by atoms with Crippen molar-refractivity contribution < 1.29 is 9.90 Å².